The number of rotatable bonds is 5. The summed E-state index contributed by atoms with van der Waals surface area (Å²) in [4.78, 5) is 2.40. The third kappa shape index (κ3) is 3.69. The summed E-state index contributed by atoms with van der Waals surface area (Å²) in [5.41, 5.74) is 0. The smallest absolute Gasteiger partial charge is 0.0558 e. The van der Waals surface area contributed by atoms with Crippen molar-refractivity contribution in [2.75, 3.05) is 19.7 Å². The summed E-state index contributed by atoms with van der Waals surface area (Å²) in [6, 6.07) is 0.709. The Morgan fingerprint density at radius 1 is 1.29 bits per heavy atom. The van der Waals surface area contributed by atoms with Gasteiger partial charge in [-0.1, -0.05) is 12.8 Å². The standard InChI is InChI=1S/C12H21NO/c1-2-3-6-9-13(10-11-14)12-7-4-5-8-12/h12,14H,4-11H2,1H3. The molecule has 0 atom stereocenters. The zero-order valence-corrected chi connectivity index (χ0v) is 9.13. The van der Waals surface area contributed by atoms with Crippen LogP contribution in [-0.2, 0) is 0 Å². The van der Waals surface area contributed by atoms with Gasteiger partial charge in [-0.3, -0.25) is 4.90 Å². The van der Waals surface area contributed by atoms with Crippen LogP contribution in [0.5, 0.6) is 0 Å². The van der Waals surface area contributed by atoms with Crippen molar-refractivity contribution in [1.82, 2.24) is 4.90 Å². The van der Waals surface area contributed by atoms with Gasteiger partial charge in [0.15, 0.2) is 0 Å². The highest BCUT2D eigenvalue weighted by Gasteiger charge is 2.21. The van der Waals surface area contributed by atoms with E-state index >= 15 is 0 Å². The van der Waals surface area contributed by atoms with Crippen molar-refractivity contribution in [1.29, 1.82) is 0 Å². The zero-order chi connectivity index (χ0) is 10.2. The molecule has 80 valence electrons. The van der Waals surface area contributed by atoms with Crippen molar-refractivity contribution in [3.05, 3.63) is 0 Å². The fraction of sp³-hybridized carbons (Fsp3) is 0.833. The molecular formula is C12H21NO. The van der Waals surface area contributed by atoms with E-state index in [0.717, 1.165) is 19.5 Å². The average Bonchev–Trinajstić information content (AvgIpc) is 2.70. The number of hydrogen-bond acceptors (Lipinski definition) is 2. The first-order valence-electron chi connectivity index (χ1n) is 5.63. The number of hydrogen-bond donors (Lipinski definition) is 1. The lowest BCUT2D eigenvalue weighted by atomic mass is 10.2. The SMILES string of the molecule is CC#CCCN(CCO)C1CCCC1. The van der Waals surface area contributed by atoms with Gasteiger partial charge < -0.3 is 5.11 Å². The third-order valence-electron chi connectivity index (χ3n) is 2.93. The molecule has 1 N–H and O–H groups in total. The molecule has 0 bridgehead atoms. The Bertz CT molecular complexity index is 198. The van der Waals surface area contributed by atoms with E-state index in [1.54, 1.807) is 0 Å². The minimum absolute atomic E-state index is 0.274. The predicted molar refractivity (Wildman–Crippen MR) is 59.0 cm³/mol. The Hall–Kier alpha value is -0.520. The van der Waals surface area contributed by atoms with Crippen LogP contribution in [0.1, 0.15) is 39.0 Å². The van der Waals surface area contributed by atoms with Crippen LogP contribution in [0.3, 0.4) is 0 Å². The van der Waals surface area contributed by atoms with Crippen molar-refractivity contribution in [2.45, 2.75) is 45.1 Å². The summed E-state index contributed by atoms with van der Waals surface area (Å²) in [6.45, 7) is 3.99. The molecule has 0 spiro atoms. The van der Waals surface area contributed by atoms with Gasteiger partial charge in [0.05, 0.1) is 6.61 Å². The molecular weight excluding hydrogens is 174 g/mol. The van der Waals surface area contributed by atoms with Gasteiger partial charge in [0.2, 0.25) is 0 Å². The molecule has 0 radical (unpaired) electrons. The van der Waals surface area contributed by atoms with Crippen LogP contribution in [0.15, 0.2) is 0 Å². The number of nitrogens with zero attached hydrogens (tertiary/aromatic N) is 1. The second kappa shape index (κ2) is 6.86. The van der Waals surface area contributed by atoms with Crippen molar-refractivity contribution in [2.24, 2.45) is 0 Å². The zero-order valence-electron chi connectivity index (χ0n) is 9.13. The minimum Gasteiger partial charge on any atom is -0.395 e. The molecule has 0 unspecified atom stereocenters. The largest absolute Gasteiger partial charge is 0.395 e. The van der Waals surface area contributed by atoms with Gasteiger partial charge in [0.1, 0.15) is 0 Å². The Morgan fingerprint density at radius 2 is 2.00 bits per heavy atom. The molecule has 0 aromatic heterocycles. The van der Waals surface area contributed by atoms with Crippen LogP contribution in [0.2, 0.25) is 0 Å². The van der Waals surface area contributed by atoms with Crippen molar-refractivity contribution >= 4 is 0 Å². The van der Waals surface area contributed by atoms with E-state index in [-0.39, 0.29) is 6.61 Å². The van der Waals surface area contributed by atoms with E-state index in [0.29, 0.717) is 6.04 Å². The van der Waals surface area contributed by atoms with Crippen LogP contribution in [0.25, 0.3) is 0 Å². The second-order valence-electron chi connectivity index (χ2n) is 3.87. The first-order chi connectivity index (χ1) is 6.88. The molecule has 1 fully saturated rings. The lowest BCUT2D eigenvalue weighted by Crippen LogP contribution is -2.36. The second-order valence-corrected chi connectivity index (χ2v) is 3.87. The molecule has 14 heavy (non-hydrogen) atoms. The molecule has 2 heteroatoms. The van der Waals surface area contributed by atoms with Crippen LogP contribution >= 0.6 is 0 Å². The molecule has 0 amide bonds. The lowest BCUT2D eigenvalue weighted by molar-refractivity contribution is 0.154. The van der Waals surface area contributed by atoms with Crippen LogP contribution in [0, 0.1) is 11.8 Å². The van der Waals surface area contributed by atoms with Gasteiger partial charge in [0, 0.05) is 25.6 Å². The highest BCUT2D eigenvalue weighted by Crippen LogP contribution is 2.23. The van der Waals surface area contributed by atoms with Gasteiger partial charge in [0.25, 0.3) is 0 Å². The Balaban J connectivity index is 2.31. The molecule has 0 saturated heterocycles. The third-order valence-corrected chi connectivity index (χ3v) is 2.93. The number of aliphatic hydroxyl groups is 1. The van der Waals surface area contributed by atoms with E-state index in [2.05, 4.69) is 16.7 Å². The van der Waals surface area contributed by atoms with Crippen LogP contribution in [-0.4, -0.2) is 35.7 Å². The monoisotopic (exact) mass is 195 g/mol. The molecule has 1 saturated carbocycles. The summed E-state index contributed by atoms with van der Waals surface area (Å²) >= 11 is 0. The van der Waals surface area contributed by atoms with E-state index in [1.807, 2.05) is 6.92 Å². The van der Waals surface area contributed by atoms with Crippen molar-refractivity contribution in [3.63, 3.8) is 0 Å². The minimum atomic E-state index is 0.274. The quantitative estimate of drug-likeness (QED) is 0.674. The molecule has 0 aromatic rings. The Labute approximate surface area is 87.3 Å². The molecule has 1 rings (SSSR count). The first kappa shape index (κ1) is 11.6. The maximum absolute atomic E-state index is 8.98. The fourth-order valence-electron chi connectivity index (χ4n) is 2.20. The van der Waals surface area contributed by atoms with Crippen molar-refractivity contribution < 1.29 is 5.11 Å². The summed E-state index contributed by atoms with van der Waals surface area (Å²) in [5.74, 6) is 6.00. The molecule has 2 nitrogen and oxygen atoms in total. The molecule has 0 aliphatic heterocycles. The van der Waals surface area contributed by atoms with Crippen LogP contribution in [0.4, 0.5) is 0 Å². The Kier molecular flexibility index (Phi) is 5.66. The molecule has 1 aliphatic carbocycles. The predicted octanol–water partition coefficient (Wildman–Crippen LogP) is 1.64. The van der Waals surface area contributed by atoms with Gasteiger partial charge >= 0.3 is 0 Å². The van der Waals surface area contributed by atoms with Gasteiger partial charge in [-0.05, 0) is 19.8 Å². The molecule has 0 aromatic carbocycles. The van der Waals surface area contributed by atoms with Crippen LogP contribution < -0.4 is 0 Å². The normalized spacial score (nSPS) is 17.1. The van der Waals surface area contributed by atoms with Crippen molar-refractivity contribution in [3.8, 4) is 11.8 Å². The maximum atomic E-state index is 8.98. The molecule has 1 aliphatic rings. The summed E-state index contributed by atoms with van der Waals surface area (Å²) in [6.07, 6.45) is 6.25. The average molecular weight is 195 g/mol. The summed E-state index contributed by atoms with van der Waals surface area (Å²) in [5, 5.41) is 8.98. The highest BCUT2D eigenvalue weighted by atomic mass is 16.3. The Morgan fingerprint density at radius 3 is 2.57 bits per heavy atom. The topological polar surface area (TPSA) is 23.5 Å². The lowest BCUT2D eigenvalue weighted by Gasteiger charge is -2.27. The maximum Gasteiger partial charge on any atom is 0.0558 e. The fourth-order valence-corrected chi connectivity index (χ4v) is 2.20. The molecule has 0 heterocycles. The summed E-state index contributed by atoms with van der Waals surface area (Å²) < 4.78 is 0. The number of aliphatic hydroxyl groups excluding tert-OH is 1. The highest BCUT2D eigenvalue weighted by molar-refractivity contribution is 4.95. The van der Waals surface area contributed by atoms with Gasteiger partial charge in [-0.2, -0.15) is 0 Å². The van der Waals surface area contributed by atoms with E-state index in [9.17, 15) is 0 Å². The van der Waals surface area contributed by atoms with E-state index < -0.39 is 0 Å². The first-order valence-corrected chi connectivity index (χ1v) is 5.63. The van der Waals surface area contributed by atoms with Gasteiger partial charge in [-0.15, -0.1) is 11.8 Å². The van der Waals surface area contributed by atoms with Gasteiger partial charge in [-0.25, -0.2) is 0 Å². The summed E-state index contributed by atoms with van der Waals surface area (Å²) in [7, 11) is 0. The van der Waals surface area contributed by atoms with E-state index in [1.165, 1.54) is 25.7 Å². The van der Waals surface area contributed by atoms with E-state index in [4.69, 9.17) is 5.11 Å².